The molecule has 1 aliphatic heterocycles. The number of aryl methyl sites for hydroxylation is 3. The Kier molecular flexibility index (Phi) is 9.12. The zero-order valence-electron chi connectivity index (χ0n) is 24.5. The Bertz CT molecular complexity index is 1540. The summed E-state index contributed by atoms with van der Waals surface area (Å²) >= 11 is 0. The molecule has 2 heterocycles. The number of para-hydroxylation sites is 1. The summed E-state index contributed by atoms with van der Waals surface area (Å²) < 4.78 is 40.7. The number of urea groups is 1. The minimum absolute atomic E-state index is 0.0457. The van der Waals surface area contributed by atoms with E-state index in [-0.39, 0.29) is 47.5 Å². The smallest absolute Gasteiger partial charge is 0.321 e. The third-order valence-corrected chi connectivity index (χ3v) is 8.71. The van der Waals surface area contributed by atoms with Crippen LogP contribution < -0.4 is 14.8 Å². The fourth-order valence-corrected chi connectivity index (χ4v) is 5.74. The number of aromatic nitrogens is 1. The van der Waals surface area contributed by atoms with Gasteiger partial charge in [0.25, 0.3) is 15.9 Å². The van der Waals surface area contributed by atoms with Crippen molar-refractivity contribution in [2.75, 3.05) is 36.8 Å². The Hall–Kier alpha value is -4.10. The van der Waals surface area contributed by atoms with E-state index >= 15 is 0 Å². The molecule has 12 nitrogen and oxygen atoms in total. The second-order valence-electron chi connectivity index (χ2n) is 10.7. The van der Waals surface area contributed by atoms with Gasteiger partial charge in [0.1, 0.15) is 17.5 Å². The summed E-state index contributed by atoms with van der Waals surface area (Å²) in [5.41, 5.74) is 2.14. The minimum Gasteiger partial charge on any atom is -0.485 e. The number of fused-ring (bicyclic) bond motifs is 1. The van der Waals surface area contributed by atoms with Crippen LogP contribution in [0.25, 0.3) is 0 Å². The number of aliphatic hydroxyl groups excluding tert-OH is 1. The highest BCUT2D eigenvalue weighted by molar-refractivity contribution is 7.92. The van der Waals surface area contributed by atoms with Crippen molar-refractivity contribution in [3.05, 3.63) is 65.0 Å². The Morgan fingerprint density at radius 1 is 1.19 bits per heavy atom. The minimum atomic E-state index is -4.03. The van der Waals surface area contributed by atoms with Gasteiger partial charge >= 0.3 is 6.03 Å². The monoisotopic (exact) mass is 599 g/mol. The van der Waals surface area contributed by atoms with Gasteiger partial charge in [-0.2, -0.15) is 0 Å². The van der Waals surface area contributed by atoms with Crippen LogP contribution in [0.15, 0.2) is 51.9 Å². The van der Waals surface area contributed by atoms with Gasteiger partial charge < -0.3 is 29.5 Å². The molecule has 3 aromatic rings. The van der Waals surface area contributed by atoms with E-state index in [1.165, 1.54) is 23.1 Å². The highest BCUT2D eigenvalue weighted by atomic mass is 32.2. The molecule has 0 fully saturated rings. The fourth-order valence-electron chi connectivity index (χ4n) is 4.68. The van der Waals surface area contributed by atoms with Crippen LogP contribution in [0.3, 0.4) is 0 Å². The summed E-state index contributed by atoms with van der Waals surface area (Å²) in [5.74, 6) is -0.203. The highest BCUT2D eigenvalue weighted by Gasteiger charge is 2.35. The van der Waals surface area contributed by atoms with Gasteiger partial charge in [-0.15, -0.1) is 0 Å². The molecule has 0 unspecified atom stereocenters. The molecule has 2 aromatic carbocycles. The second-order valence-corrected chi connectivity index (χ2v) is 12.4. The first-order chi connectivity index (χ1) is 19.8. The van der Waals surface area contributed by atoms with E-state index in [9.17, 15) is 23.1 Å². The maximum absolute atomic E-state index is 13.7. The molecule has 0 spiro atoms. The molecule has 1 aliphatic rings. The predicted octanol–water partition coefficient (Wildman–Crippen LogP) is 3.78. The average Bonchev–Trinajstić information content (AvgIpc) is 3.26. The normalized spacial score (nSPS) is 17.9. The number of carbonyl (C=O) groups excluding carboxylic acids is 2. The molecule has 226 valence electrons. The Morgan fingerprint density at radius 2 is 1.88 bits per heavy atom. The van der Waals surface area contributed by atoms with E-state index in [1.54, 1.807) is 57.0 Å². The number of nitrogens with one attached hydrogen (secondary N) is 2. The SMILES string of the molecule is Cc1ccc(S(=O)(=O)Nc2cccc3c2O[C@H](CN(C)C(=O)Nc2c(C)noc2C)[C@H](C)CN([C@H](C)CO)C3=O)cc1. The predicted molar refractivity (Wildman–Crippen MR) is 157 cm³/mol. The Labute approximate surface area is 245 Å². The van der Waals surface area contributed by atoms with Crippen LogP contribution in [-0.4, -0.2) is 79.3 Å². The zero-order valence-corrected chi connectivity index (χ0v) is 25.4. The molecule has 42 heavy (non-hydrogen) atoms. The number of hydrogen-bond acceptors (Lipinski definition) is 8. The molecule has 13 heteroatoms. The standard InChI is InChI=1S/C29H37N5O7S/c1-17-10-12-22(13-11-17)42(38,39)32-24-9-7-8-23-27(24)40-25(18(2)14-34(28(23)36)19(3)16-35)15-33(6)29(37)30-26-20(4)31-41-21(26)5/h7-13,18-19,25,32,35H,14-16H2,1-6H3,(H,30,37)/t18-,19-,25-/m1/s1. The molecular weight excluding hydrogens is 562 g/mol. The number of hydrogen-bond donors (Lipinski definition) is 3. The van der Waals surface area contributed by atoms with Crippen LogP contribution >= 0.6 is 0 Å². The third kappa shape index (κ3) is 6.52. The largest absolute Gasteiger partial charge is 0.485 e. The second kappa shape index (κ2) is 12.4. The lowest BCUT2D eigenvalue weighted by molar-refractivity contribution is 0.0373. The van der Waals surface area contributed by atoms with Gasteiger partial charge in [-0.05, 0) is 52.0 Å². The van der Waals surface area contributed by atoms with Crippen molar-refractivity contribution in [3.63, 3.8) is 0 Å². The van der Waals surface area contributed by atoms with E-state index in [4.69, 9.17) is 9.26 Å². The zero-order chi connectivity index (χ0) is 30.8. The molecule has 0 saturated carbocycles. The lowest BCUT2D eigenvalue weighted by Gasteiger charge is -2.38. The van der Waals surface area contributed by atoms with Crippen molar-refractivity contribution in [1.82, 2.24) is 15.0 Å². The number of anilines is 2. The van der Waals surface area contributed by atoms with Gasteiger partial charge in [0.05, 0.1) is 35.3 Å². The van der Waals surface area contributed by atoms with Gasteiger partial charge in [-0.25, -0.2) is 13.2 Å². The molecule has 0 bridgehead atoms. The lowest BCUT2D eigenvalue weighted by atomic mass is 9.99. The number of benzene rings is 2. The molecule has 0 radical (unpaired) electrons. The van der Waals surface area contributed by atoms with E-state index < -0.39 is 34.1 Å². The summed E-state index contributed by atoms with van der Waals surface area (Å²) in [4.78, 5) is 29.8. The van der Waals surface area contributed by atoms with Gasteiger partial charge in [0.15, 0.2) is 11.5 Å². The lowest BCUT2D eigenvalue weighted by Crippen LogP contribution is -2.50. The maximum Gasteiger partial charge on any atom is 0.321 e. The molecule has 0 aliphatic carbocycles. The number of carbonyl (C=O) groups is 2. The van der Waals surface area contributed by atoms with E-state index in [1.807, 2.05) is 13.8 Å². The van der Waals surface area contributed by atoms with Crippen molar-refractivity contribution >= 4 is 33.3 Å². The van der Waals surface area contributed by atoms with Crippen molar-refractivity contribution < 1.29 is 32.4 Å². The van der Waals surface area contributed by atoms with Gasteiger partial charge in [-0.1, -0.05) is 35.8 Å². The van der Waals surface area contributed by atoms with Crippen LogP contribution in [0.2, 0.25) is 0 Å². The van der Waals surface area contributed by atoms with E-state index in [2.05, 4.69) is 15.2 Å². The number of sulfonamides is 1. The molecule has 3 amide bonds. The van der Waals surface area contributed by atoms with Gasteiger partial charge in [0, 0.05) is 19.5 Å². The first-order valence-electron chi connectivity index (χ1n) is 13.6. The highest BCUT2D eigenvalue weighted by Crippen LogP contribution is 2.36. The van der Waals surface area contributed by atoms with Crippen molar-refractivity contribution in [2.45, 2.75) is 51.7 Å². The topological polar surface area (TPSA) is 154 Å². The summed E-state index contributed by atoms with van der Waals surface area (Å²) in [6.45, 7) is 8.95. The van der Waals surface area contributed by atoms with Crippen LogP contribution in [0.4, 0.5) is 16.2 Å². The quantitative estimate of drug-likeness (QED) is 0.353. The maximum atomic E-state index is 13.7. The molecule has 0 saturated heterocycles. The van der Waals surface area contributed by atoms with Crippen molar-refractivity contribution in [2.24, 2.45) is 5.92 Å². The average molecular weight is 600 g/mol. The first-order valence-corrected chi connectivity index (χ1v) is 15.1. The van der Waals surface area contributed by atoms with Crippen LogP contribution in [-0.2, 0) is 10.0 Å². The number of amides is 3. The summed E-state index contributed by atoms with van der Waals surface area (Å²) in [6.07, 6.45) is -0.657. The summed E-state index contributed by atoms with van der Waals surface area (Å²) in [5, 5.41) is 16.6. The van der Waals surface area contributed by atoms with Crippen LogP contribution in [0.5, 0.6) is 5.75 Å². The number of likely N-dealkylation sites (N-methyl/N-ethyl adjacent to an activating group) is 1. The van der Waals surface area contributed by atoms with Gasteiger partial charge in [0.2, 0.25) is 0 Å². The molecule has 4 rings (SSSR count). The Morgan fingerprint density at radius 3 is 2.50 bits per heavy atom. The molecule has 1 aromatic heterocycles. The summed E-state index contributed by atoms with van der Waals surface area (Å²) in [6, 6.07) is 10.1. The number of ether oxygens (including phenoxy) is 1. The third-order valence-electron chi connectivity index (χ3n) is 7.33. The van der Waals surface area contributed by atoms with Crippen LogP contribution in [0, 0.1) is 26.7 Å². The van der Waals surface area contributed by atoms with E-state index in [0.717, 1.165) is 5.56 Å². The van der Waals surface area contributed by atoms with Crippen molar-refractivity contribution in [1.29, 1.82) is 0 Å². The Balaban J connectivity index is 1.70. The first kappa shape index (κ1) is 30.8. The summed E-state index contributed by atoms with van der Waals surface area (Å²) in [7, 11) is -2.42. The molecular formula is C29H37N5O7S. The van der Waals surface area contributed by atoms with E-state index in [0.29, 0.717) is 17.1 Å². The fraction of sp³-hybridized carbons (Fsp3) is 0.414. The van der Waals surface area contributed by atoms with Crippen molar-refractivity contribution in [3.8, 4) is 5.75 Å². The molecule has 3 atom stereocenters. The molecule has 3 N–H and O–H groups in total. The number of nitrogens with zero attached hydrogens (tertiary/aromatic N) is 3. The number of aliphatic hydroxyl groups is 1. The number of rotatable bonds is 8. The van der Waals surface area contributed by atoms with Gasteiger partial charge in [-0.3, -0.25) is 9.52 Å². The van der Waals surface area contributed by atoms with Crippen LogP contribution in [0.1, 0.15) is 41.2 Å².